The van der Waals surface area contributed by atoms with Gasteiger partial charge in [0.15, 0.2) is 0 Å². The minimum atomic E-state index is 0.358. The molecule has 0 unspecified atom stereocenters. The fourth-order valence-electron chi connectivity index (χ4n) is 1.88. The number of rotatable bonds is 3. The number of ether oxygens (including phenoxy) is 1. The Hall–Kier alpha value is -0.0800. The SMILES string of the molecule is CC(C)OC[C@H]1CCC(C)(C)N1C. The minimum absolute atomic E-state index is 0.358. The monoisotopic (exact) mass is 185 g/mol. The van der Waals surface area contributed by atoms with Gasteiger partial charge in [0.25, 0.3) is 0 Å². The Kier molecular flexibility index (Phi) is 3.36. The van der Waals surface area contributed by atoms with E-state index in [1.54, 1.807) is 0 Å². The van der Waals surface area contributed by atoms with E-state index < -0.39 is 0 Å². The molecule has 1 aliphatic rings. The lowest BCUT2D eigenvalue weighted by molar-refractivity contribution is 0.0278. The van der Waals surface area contributed by atoms with Crippen LogP contribution in [-0.4, -0.2) is 36.2 Å². The van der Waals surface area contributed by atoms with Crippen LogP contribution in [0.2, 0.25) is 0 Å². The number of likely N-dealkylation sites (N-methyl/N-ethyl adjacent to an activating group) is 1. The molecular formula is C11H23NO. The first-order chi connectivity index (χ1) is 5.93. The van der Waals surface area contributed by atoms with E-state index >= 15 is 0 Å². The summed E-state index contributed by atoms with van der Waals surface area (Å²) in [6.07, 6.45) is 2.92. The van der Waals surface area contributed by atoms with Gasteiger partial charge in [-0.3, -0.25) is 4.90 Å². The molecule has 0 saturated carbocycles. The minimum Gasteiger partial charge on any atom is -0.377 e. The number of hydrogen-bond acceptors (Lipinski definition) is 2. The first kappa shape index (κ1) is 11.0. The van der Waals surface area contributed by atoms with Crippen LogP contribution >= 0.6 is 0 Å². The van der Waals surface area contributed by atoms with Crippen molar-refractivity contribution in [2.75, 3.05) is 13.7 Å². The van der Waals surface area contributed by atoms with E-state index in [0.29, 0.717) is 17.7 Å². The third kappa shape index (κ3) is 2.68. The van der Waals surface area contributed by atoms with Crippen molar-refractivity contribution in [3.63, 3.8) is 0 Å². The van der Waals surface area contributed by atoms with Gasteiger partial charge >= 0.3 is 0 Å². The highest BCUT2D eigenvalue weighted by molar-refractivity contribution is 4.92. The van der Waals surface area contributed by atoms with Crippen molar-refractivity contribution in [2.24, 2.45) is 0 Å². The number of nitrogens with zero attached hydrogens (tertiary/aromatic N) is 1. The molecule has 0 radical (unpaired) electrons. The van der Waals surface area contributed by atoms with Crippen molar-refractivity contribution in [2.45, 2.75) is 58.2 Å². The molecule has 1 atom stereocenters. The van der Waals surface area contributed by atoms with E-state index in [2.05, 4.69) is 39.6 Å². The van der Waals surface area contributed by atoms with Gasteiger partial charge in [-0.2, -0.15) is 0 Å². The summed E-state index contributed by atoms with van der Waals surface area (Å²) in [6, 6.07) is 0.623. The van der Waals surface area contributed by atoms with E-state index in [0.717, 1.165) is 6.61 Å². The van der Waals surface area contributed by atoms with Crippen LogP contribution in [0.15, 0.2) is 0 Å². The second-order valence-corrected chi connectivity index (χ2v) is 5.00. The predicted octanol–water partition coefficient (Wildman–Crippen LogP) is 2.28. The van der Waals surface area contributed by atoms with E-state index in [-0.39, 0.29) is 0 Å². The fraction of sp³-hybridized carbons (Fsp3) is 1.00. The molecule has 0 bridgehead atoms. The van der Waals surface area contributed by atoms with Crippen molar-refractivity contribution in [3.8, 4) is 0 Å². The zero-order valence-electron chi connectivity index (χ0n) is 9.63. The van der Waals surface area contributed by atoms with E-state index in [4.69, 9.17) is 4.74 Å². The van der Waals surface area contributed by atoms with Crippen LogP contribution in [-0.2, 0) is 4.74 Å². The lowest BCUT2D eigenvalue weighted by Gasteiger charge is -2.32. The van der Waals surface area contributed by atoms with Crippen LogP contribution in [0.4, 0.5) is 0 Å². The third-order valence-electron chi connectivity index (χ3n) is 3.21. The Morgan fingerprint density at radius 3 is 2.46 bits per heavy atom. The topological polar surface area (TPSA) is 12.5 Å². The Morgan fingerprint density at radius 1 is 1.46 bits per heavy atom. The predicted molar refractivity (Wildman–Crippen MR) is 56.0 cm³/mol. The molecule has 1 saturated heterocycles. The van der Waals surface area contributed by atoms with Gasteiger partial charge in [-0.25, -0.2) is 0 Å². The summed E-state index contributed by atoms with van der Waals surface area (Å²) < 4.78 is 5.65. The van der Waals surface area contributed by atoms with E-state index in [1.165, 1.54) is 12.8 Å². The van der Waals surface area contributed by atoms with Gasteiger partial charge in [0, 0.05) is 11.6 Å². The molecular weight excluding hydrogens is 162 g/mol. The Balaban J connectivity index is 2.37. The highest BCUT2D eigenvalue weighted by Gasteiger charge is 2.36. The maximum Gasteiger partial charge on any atom is 0.0625 e. The maximum atomic E-state index is 5.65. The zero-order chi connectivity index (χ0) is 10.1. The molecule has 0 aromatic heterocycles. The molecule has 2 heteroatoms. The maximum absolute atomic E-state index is 5.65. The second-order valence-electron chi connectivity index (χ2n) is 5.00. The molecule has 1 aliphatic heterocycles. The average molecular weight is 185 g/mol. The van der Waals surface area contributed by atoms with Crippen molar-refractivity contribution < 1.29 is 4.74 Å². The highest BCUT2D eigenvalue weighted by Crippen LogP contribution is 2.31. The number of likely N-dealkylation sites (tertiary alicyclic amines) is 1. The molecule has 13 heavy (non-hydrogen) atoms. The second kappa shape index (κ2) is 3.97. The molecule has 0 aliphatic carbocycles. The van der Waals surface area contributed by atoms with Crippen molar-refractivity contribution >= 4 is 0 Å². The molecule has 2 nitrogen and oxygen atoms in total. The Bertz CT molecular complexity index is 165. The van der Waals surface area contributed by atoms with Gasteiger partial charge in [-0.15, -0.1) is 0 Å². The summed E-state index contributed by atoms with van der Waals surface area (Å²) in [5.41, 5.74) is 0.366. The zero-order valence-corrected chi connectivity index (χ0v) is 9.63. The van der Waals surface area contributed by atoms with Gasteiger partial charge < -0.3 is 4.74 Å². The lowest BCUT2D eigenvalue weighted by Crippen LogP contribution is -2.41. The number of hydrogen-bond donors (Lipinski definition) is 0. The van der Waals surface area contributed by atoms with Crippen molar-refractivity contribution in [1.82, 2.24) is 4.90 Å². The van der Waals surface area contributed by atoms with Crippen LogP contribution in [0.25, 0.3) is 0 Å². The van der Waals surface area contributed by atoms with Gasteiger partial charge in [-0.05, 0) is 47.6 Å². The van der Waals surface area contributed by atoms with Crippen LogP contribution in [0, 0.1) is 0 Å². The first-order valence-electron chi connectivity index (χ1n) is 5.28. The molecule has 0 N–H and O–H groups in total. The summed E-state index contributed by atoms with van der Waals surface area (Å²) in [5.74, 6) is 0. The smallest absolute Gasteiger partial charge is 0.0625 e. The fourth-order valence-corrected chi connectivity index (χ4v) is 1.88. The van der Waals surface area contributed by atoms with E-state index in [1.807, 2.05) is 0 Å². The summed E-state index contributed by atoms with van der Waals surface area (Å²) in [7, 11) is 2.21. The molecule has 0 aromatic carbocycles. The Morgan fingerprint density at radius 2 is 2.08 bits per heavy atom. The van der Waals surface area contributed by atoms with Crippen LogP contribution < -0.4 is 0 Å². The molecule has 1 rings (SSSR count). The summed E-state index contributed by atoms with van der Waals surface area (Å²) in [5, 5.41) is 0. The molecule has 1 fully saturated rings. The molecule has 0 amide bonds. The third-order valence-corrected chi connectivity index (χ3v) is 3.21. The van der Waals surface area contributed by atoms with Gasteiger partial charge in [0.05, 0.1) is 12.7 Å². The molecule has 78 valence electrons. The van der Waals surface area contributed by atoms with Gasteiger partial charge in [0.2, 0.25) is 0 Å². The average Bonchev–Trinajstić information content (AvgIpc) is 2.25. The quantitative estimate of drug-likeness (QED) is 0.669. The summed E-state index contributed by atoms with van der Waals surface area (Å²) >= 11 is 0. The molecule has 1 heterocycles. The van der Waals surface area contributed by atoms with Crippen LogP contribution in [0.3, 0.4) is 0 Å². The Labute approximate surface area is 82.3 Å². The van der Waals surface area contributed by atoms with Crippen LogP contribution in [0.5, 0.6) is 0 Å². The van der Waals surface area contributed by atoms with Crippen LogP contribution in [0.1, 0.15) is 40.5 Å². The van der Waals surface area contributed by atoms with E-state index in [9.17, 15) is 0 Å². The van der Waals surface area contributed by atoms with Crippen molar-refractivity contribution in [3.05, 3.63) is 0 Å². The standard InChI is InChI=1S/C11H23NO/c1-9(2)13-8-10-6-7-11(3,4)12(10)5/h9-10H,6-8H2,1-5H3/t10-/m1/s1. The van der Waals surface area contributed by atoms with Gasteiger partial charge in [-0.1, -0.05) is 0 Å². The lowest BCUT2D eigenvalue weighted by atomic mass is 10.0. The molecule has 0 spiro atoms. The van der Waals surface area contributed by atoms with Gasteiger partial charge in [0.1, 0.15) is 0 Å². The van der Waals surface area contributed by atoms with Crippen molar-refractivity contribution in [1.29, 1.82) is 0 Å². The highest BCUT2D eigenvalue weighted by atomic mass is 16.5. The molecule has 0 aromatic rings. The summed E-state index contributed by atoms with van der Waals surface area (Å²) in [6.45, 7) is 9.70. The first-order valence-corrected chi connectivity index (χ1v) is 5.28. The largest absolute Gasteiger partial charge is 0.377 e. The normalized spacial score (nSPS) is 28.6. The summed E-state index contributed by atoms with van der Waals surface area (Å²) in [4.78, 5) is 2.45.